The van der Waals surface area contributed by atoms with Crippen molar-refractivity contribution in [3.63, 3.8) is 0 Å². The lowest BCUT2D eigenvalue weighted by Gasteiger charge is -2.38. The molecule has 0 saturated heterocycles. The van der Waals surface area contributed by atoms with Crippen LogP contribution in [0.25, 0.3) is 0 Å². The number of hydrogen-bond acceptors (Lipinski definition) is 3. The Balaban J connectivity index is 2.50. The number of nitrogens with one attached hydrogen (secondary N) is 1. The van der Waals surface area contributed by atoms with Crippen LogP contribution in [0.1, 0.15) is 91.9 Å². The fourth-order valence-electron chi connectivity index (χ4n) is 3.15. The molecule has 0 radical (unpaired) electrons. The Bertz CT molecular complexity index is 365. The molecule has 0 aromatic carbocycles. The maximum absolute atomic E-state index is 12.1. The molecule has 0 aromatic rings. The molecule has 0 aromatic heterocycles. The number of ether oxygens (including phenoxy) is 1. The van der Waals surface area contributed by atoms with Gasteiger partial charge in [0.1, 0.15) is 11.4 Å². The molecule has 128 valence electrons. The van der Waals surface area contributed by atoms with E-state index in [0.29, 0.717) is 18.6 Å². The fourth-order valence-corrected chi connectivity index (χ4v) is 3.15. The van der Waals surface area contributed by atoms with Crippen molar-refractivity contribution in [2.24, 2.45) is 0 Å². The Morgan fingerprint density at radius 2 is 1.73 bits per heavy atom. The molecule has 1 saturated carbocycles. The number of carbonyl (C=O) groups is 2. The lowest BCUT2D eigenvalue weighted by Crippen LogP contribution is -2.51. The topological polar surface area (TPSA) is 55.4 Å². The van der Waals surface area contributed by atoms with Gasteiger partial charge in [0.2, 0.25) is 0 Å². The summed E-state index contributed by atoms with van der Waals surface area (Å²) in [6.45, 7) is 7.57. The van der Waals surface area contributed by atoms with Gasteiger partial charge in [0.05, 0.1) is 0 Å². The first-order chi connectivity index (χ1) is 10.3. The number of rotatable bonds is 7. The molecule has 1 fully saturated rings. The summed E-state index contributed by atoms with van der Waals surface area (Å²) < 4.78 is 5.42. The van der Waals surface area contributed by atoms with Crippen molar-refractivity contribution >= 4 is 11.9 Å². The molecule has 0 spiro atoms. The van der Waals surface area contributed by atoms with Crippen molar-refractivity contribution in [2.75, 3.05) is 0 Å². The molecule has 1 aliphatic carbocycles. The van der Waals surface area contributed by atoms with Crippen LogP contribution in [-0.2, 0) is 9.53 Å². The van der Waals surface area contributed by atoms with Crippen molar-refractivity contribution in [3.8, 4) is 0 Å². The number of hydrogen-bond donors (Lipinski definition) is 1. The summed E-state index contributed by atoms with van der Waals surface area (Å²) in [5.41, 5.74) is -0.594. The summed E-state index contributed by atoms with van der Waals surface area (Å²) in [6, 6.07) is 0. The van der Waals surface area contributed by atoms with E-state index in [2.05, 4.69) is 5.32 Å². The van der Waals surface area contributed by atoms with Crippen LogP contribution in [-0.4, -0.2) is 23.0 Å². The SMILES string of the molecule is CCC(=O)CCCCC1(NC(=O)OC(C)(C)C)CCCCC1. The third-order valence-electron chi connectivity index (χ3n) is 4.33. The highest BCUT2D eigenvalue weighted by atomic mass is 16.6. The second-order valence-corrected chi connectivity index (χ2v) is 7.57. The Morgan fingerprint density at radius 3 is 2.27 bits per heavy atom. The largest absolute Gasteiger partial charge is 0.444 e. The summed E-state index contributed by atoms with van der Waals surface area (Å²) in [4.78, 5) is 23.5. The van der Waals surface area contributed by atoms with E-state index in [4.69, 9.17) is 4.74 Å². The number of alkyl carbamates (subject to hydrolysis) is 1. The monoisotopic (exact) mass is 311 g/mol. The molecule has 4 nitrogen and oxygen atoms in total. The third-order valence-corrected chi connectivity index (χ3v) is 4.33. The van der Waals surface area contributed by atoms with Gasteiger partial charge in [-0.3, -0.25) is 4.79 Å². The molecule has 1 aliphatic rings. The van der Waals surface area contributed by atoms with E-state index in [9.17, 15) is 9.59 Å². The van der Waals surface area contributed by atoms with E-state index < -0.39 is 5.60 Å². The van der Waals surface area contributed by atoms with Crippen molar-refractivity contribution in [2.45, 2.75) is 103 Å². The predicted molar refractivity (Wildman–Crippen MR) is 89.0 cm³/mol. The highest BCUT2D eigenvalue weighted by Crippen LogP contribution is 2.33. The first-order valence-electron chi connectivity index (χ1n) is 8.79. The minimum absolute atomic E-state index is 0.129. The van der Waals surface area contributed by atoms with Gasteiger partial charge in [-0.1, -0.05) is 32.6 Å². The summed E-state index contributed by atoms with van der Waals surface area (Å²) in [5, 5.41) is 3.14. The Kier molecular flexibility index (Phi) is 7.37. The van der Waals surface area contributed by atoms with Crippen molar-refractivity contribution in [1.82, 2.24) is 5.32 Å². The van der Waals surface area contributed by atoms with E-state index in [1.807, 2.05) is 27.7 Å². The zero-order chi connectivity index (χ0) is 16.6. The van der Waals surface area contributed by atoms with Gasteiger partial charge in [0, 0.05) is 18.4 Å². The molecular formula is C18H33NO3. The van der Waals surface area contributed by atoms with Gasteiger partial charge in [0.15, 0.2) is 0 Å². The number of amides is 1. The van der Waals surface area contributed by atoms with Gasteiger partial charge in [-0.25, -0.2) is 4.79 Å². The molecule has 1 rings (SSSR count). The van der Waals surface area contributed by atoms with Gasteiger partial charge < -0.3 is 10.1 Å². The van der Waals surface area contributed by atoms with Crippen LogP contribution < -0.4 is 5.32 Å². The van der Waals surface area contributed by atoms with Crippen molar-refractivity contribution in [3.05, 3.63) is 0 Å². The van der Waals surface area contributed by atoms with Gasteiger partial charge in [0.25, 0.3) is 0 Å². The minimum Gasteiger partial charge on any atom is -0.444 e. The fraction of sp³-hybridized carbons (Fsp3) is 0.889. The average Bonchev–Trinajstić information content (AvgIpc) is 2.42. The lowest BCUT2D eigenvalue weighted by molar-refractivity contribution is -0.118. The highest BCUT2D eigenvalue weighted by molar-refractivity contribution is 5.77. The first kappa shape index (κ1) is 19.0. The predicted octanol–water partition coefficient (Wildman–Crippen LogP) is 4.75. The molecule has 1 N–H and O–H groups in total. The molecule has 0 atom stereocenters. The average molecular weight is 311 g/mol. The van der Waals surface area contributed by atoms with Crippen LogP contribution in [0.4, 0.5) is 4.79 Å². The van der Waals surface area contributed by atoms with E-state index in [1.54, 1.807) is 0 Å². The Hall–Kier alpha value is -1.06. The molecule has 4 heteroatoms. The summed E-state index contributed by atoms with van der Waals surface area (Å²) in [6.07, 6.45) is 9.44. The zero-order valence-corrected chi connectivity index (χ0v) is 14.8. The normalized spacial score (nSPS) is 17.8. The van der Waals surface area contributed by atoms with Crippen molar-refractivity contribution < 1.29 is 14.3 Å². The molecule has 0 bridgehead atoms. The first-order valence-corrected chi connectivity index (χ1v) is 8.79. The Morgan fingerprint density at radius 1 is 1.09 bits per heavy atom. The van der Waals surface area contributed by atoms with Gasteiger partial charge in [-0.2, -0.15) is 0 Å². The molecule has 0 aliphatic heterocycles. The number of ketones is 1. The third kappa shape index (κ3) is 7.28. The maximum Gasteiger partial charge on any atom is 0.408 e. The van der Waals surface area contributed by atoms with Crippen LogP contribution in [0.2, 0.25) is 0 Å². The highest BCUT2D eigenvalue weighted by Gasteiger charge is 2.34. The smallest absolute Gasteiger partial charge is 0.408 e. The van der Waals surface area contributed by atoms with Gasteiger partial charge in [-0.15, -0.1) is 0 Å². The summed E-state index contributed by atoms with van der Waals surface area (Å²) >= 11 is 0. The molecule has 22 heavy (non-hydrogen) atoms. The second-order valence-electron chi connectivity index (χ2n) is 7.57. The van der Waals surface area contributed by atoms with Crippen LogP contribution in [0.3, 0.4) is 0 Å². The van der Waals surface area contributed by atoms with Crippen molar-refractivity contribution in [1.29, 1.82) is 0 Å². The van der Waals surface area contributed by atoms with E-state index >= 15 is 0 Å². The second kappa shape index (κ2) is 8.54. The standard InChI is InChI=1S/C18H33NO3/c1-5-15(20)11-7-10-14-18(12-8-6-9-13-18)19-16(21)22-17(2,3)4/h5-14H2,1-4H3,(H,19,21). The van der Waals surface area contributed by atoms with Gasteiger partial charge >= 0.3 is 6.09 Å². The molecular weight excluding hydrogens is 278 g/mol. The number of Topliss-reactive ketones (excluding diaryl/α,β-unsaturated/α-hetero) is 1. The van der Waals surface area contributed by atoms with Gasteiger partial charge in [-0.05, 0) is 46.5 Å². The molecule has 0 unspecified atom stereocenters. The van der Waals surface area contributed by atoms with Crippen LogP contribution >= 0.6 is 0 Å². The maximum atomic E-state index is 12.1. The van der Waals surface area contributed by atoms with E-state index in [0.717, 1.165) is 44.9 Å². The molecule has 1 amide bonds. The van der Waals surface area contributed by atoms with Crippen LogP contribution in [0.5, 0.6) is 0 Å². The van der Waals surface area contributed by atoms with E-state index in [-0.39, 0.29) is 11.6 Å². The van der Waals surface area contributed by atoms with Crippen LogP contribution in [0, 0.1) is 0 Å². The lowest BCUT2D eigenvalue weighted by atomic mass is 9.78. The summed E-state index contributed by atoms with van der Waals surface area (Å²) in [5.74, 6) is 0.331. The molecule has 0 heterocycles. The quantitative estimate of drug-likeness (QED) is 0.690. The number of unbranched alkanes of at least 4 members (excludes halogenated alkanes) is 1. The number of carbonyl (C=O) groups excluding carboxylic acids is 2. The zero-order valence-electron chi connectivity index (χ0n) is 14.8. The van der Waals surface area contributed by atoms with Crippen LogP contribution in [0.15, 0.2) is 0 Å². The summed E-state index contributed by atoms with van der Waals surface area (Å²) in [7, 11) is 0. The Labute approximate surface area is 135 Å². The van der Waals surface area contributed by atoms with E-state index in [1.165, 1.54) is 6.42 Å². The minimum atomic E-state index is -0.465.